The van der Waals surface area contributed by atoms with Gasteiger partial charge in [0.2, 0.25) is 0 Å². The number of ether oxygens (including phenoxy) is 1. The highest BCUT2D eigenvalue weighted by molar-refractivity contribution is 5.69. The number of carbonyl (C=O) groups is 1. The molecular weight excluding hydrogens is 394 g/mol. The van der Waals surface area contributed by atoms with Gasteiger partial charge >= 0.3 is 6.09 Å². The Bertz CT molecular complexity index is 942. The predicted molar refractivity (Wildman–Crippen MR) is 103 cm³/mol. The number of amides is 1. The molecule has 4 heterocycles. The molecule has 1 spiro atoms. The number of imidazole rings is 1. The van der Waals surface area contributed by atoms with Gasteiger partial charge in [0.15, 0.2) is 6.61 Å². The molecule has 160 valence electrons. The van der Waals surface area contributed by atoms with E-state index in [1.807, 2.05) is 24.8 Å². The van der Waals surface area contributed by atoms with Gasteiger partial charge in [0.05, 0.1) is 30.4 Å². The second-order valence-corrected chi connectivity index (χ2v) is 8.56. The summed E-state index contributed by atoms with van der Waals surface area (Å²) in [7, 11) is 0. The van der Waals surface area contributed by atoms with Gasteiger partial charge in [-0.15, -0.1) is 0 Å². The second kappa shape index (κ2) is 7.30. The van der Waals surface area contributed by atoms with E-state index in [4.69, 9.17) is 0 Å². The smallest absolute Gasteiger partial charge is 0.409 e. The first kappa shape index (κ1) is 19.4. The summed E-state index contributed by atoms with van der Waals surface area (Å²) in [5.41, 5.74) is 3.00. The van der Waals surface area contributed by atoms with Crippen LogP contribution in [0.2, 0.25) is 0 Å². The van der Waals surface area contributed by atoms with Crippen LogP contribution in [0.25, 0.3) is 11.3 Å². The first-order valence-corrected chi connectivity index (χ1v) is 10.3. The Balaban J connectivity index is 1.31. The third-order valence-corrected chi connectivity index (χ3v) is 7.18. The molecule has 3 atom stereocenters. The van der Waals surface area contributed by atoms with E-state index in [9.17, 15) is 18.7 Å². The van der Waals surface area contributed by atoms with E-state index >= 15 is 0 Å². The van der Waals surface area contributed by atoms with E-state index in [1.165, 1.54) is 4.90 Å². The van der Waals surface area contributed by atoms with Crippen LogP contribution in [0, 0.1) is 11.3 Å². The largest absolute Gasteiger partial charge is 0.443 e. The molecule has 1 aliphatic carbocycles. The molecule has 0 aromatic carbocycles. The zero-order valence-corrected chi connectivity index (χ0v) is 16.5. The number of aliphatic hydroxyl groups excluding tert-OH is 1. The minimum atomic E-state index is -2.67. The van der Waals surface area contributed by atoms with E-state index in [0.717, 1.165) is 29.7 Å². The van der Waals surface area contributed by atoms with Crippen molar-refractivity contribution in [2.45, 2.75) is 44.3 Å². The highest BCUT2D eigenvalue weighted by atomic mass is 19.3. The number of hydrogen-bond donors (Lipinski definition) is 1. The molecule has 2 aromatic rings. The van der Waals surface area contributed by atoms with Crippen molar-refractivity contribution < 1.29 is 23.4 Å². The Hall–Kier alpha value is -2.55. The Labute approximate surface area is 172 Å². The highest BCUT2D eigenvalue weighted by Gasteiger charge is 2.53. The first-order valence-electron chi connectivity index (χ1n) is 10.3. The Morgan fingerprint density at radius 1 is 1.27 bits per heavy atom. The normalized spacial score (nSPS) is 26.8. The van der Waals surface area contributed by atoms with Crippen LogP contribution in [0.5, 0.6) is 0 Å². The number of nitrogens with zero attached hydrogens (tertiary/aromatic N) is 4. The molecule has 0 radical (unpaired) electrons. The SMILES string of the molecule is O=C(OCC(F)F)N1CCC2(CC[C@@H]([C@H]3c4cnccc4-c4cncn43)[C@H]2O)CC1. The van der Waals surface area contributed by atoms with Crippen molar-refractivity contribution in [1.29, 1.82) is 0 Å². The summed E-state index contributed by atoms with van der Waals surface area (Å²) in [6.07, 6.45) is 6.44. The summed E-state index contributed by atoms with van der Waals surface area (Å²) < 4.78 is 31.4. The number of rotatable bonds is 3. The minimum Gasteiger partial charge on any atom is -0.443 e. The monoisotopic (exact) mass is 418 g/mol. The molecule has 7 nitrogen and oxygen atoms in total. The van der Waals surface area contributed by atoms with Crippen molar-refractivity contribution in [2.24, 2.45) is 11.3 Å². The molecule has 30 heavy (non-hydrogen) atoms. The molecule has 0 unspecified atom stereocenters. The van der Waals surface area contributed by atoms with Crippen LogP contribution in [-0.2, 0) is 4.74 Å². The lowest BCUT2D eigenvalue weighted by molar-refractivity contribution is -0.0294. The van der Waals surface area contributed by atoms with E-state index < -0.39 is 25.2 Å². The fraction of sp³-hybridized carbons (Fsp3) is 0.571. The van der Waals surface area contributed by atoms with Crippen LogP contribution >= 0.6 is 0 Å². The average Bonchev–Trinajstić information content (AvgIpc) is 3.42. The van der Waals surface area contributed by atoms with Crippen LogP contribution in [-0.4, -0.2) is 62.9 Å². The van der Waals surface area contributed by atoms with E-state index in [-0.39, 0.29) is 17.4 Å². The van der Waals surface area contributed by atoms with Crippen molar-refractivity contribution in [1.82, 2.24) is 19.4 Å². The van der Waals surface area contributed by atoms with E-state index in [2.05, 4.69) is 19.3 Å². The van der Waals surface area contributed by atoms with E-state index in [0.29, 0.717) is 25.9 Å². The lowest BCUT2D eigenvalue weighted by Gasteiger charge is -2.42. The Morgan fingerprint density at radius 2 is 2.07 bits per heavy atom. The number of likely N-dealkylation sites (tertiary alicyclic amines) is 1. The summed E-state index contributed by atoms with van der Waals surface area (Å²) in [6, 6.07) is 1.98. The molecule has 1 saturated heterocycles. The molecule has 1 amide bonds. The molecule has 1 N–H and O–H groups in total. The van der Waals surface area contributed by atoms with Gasteiger partial charge in [0.25, 0.3) is 6.43 Å². The fourth-order valence-electron chi connectivity index (χ4n) is 5.65. The summed E-state index contributed by atoms with van der Waals surface area (Å²) in [4.78, 5) is 22.1. The quantitative estimate of drug-likeness (QED) is 0.829. The maximum absolute atomic E-state index is 12.3. The lowest BCUT2D eigenvalue weighted by Crippen LogP contribution is -2.48. The molecule has 9 heteroatoms. The average molecular weight is 418 g/mol. The molecular formula is C21H24F2N4O3. The van der Waals surface area contributed by atoms with Gasteiger partial charge in [-0.2, -0.15) is 0 Å². The number of carbonyl (C=O) groups excluding carboxylic acids is 1. The van der Waals surface area contributed by atoms with E-state index in [1.54, 1.807) is 6.20 Å². The van der Waals surface area contributed by atoms with Crippen molar-refractivity contribution in [2.75, 3.05) is 19.7 Å². The molecule has 5 rings (SSSR count). The zero-order valence-electron chi connectivity index (χ0n) is 16.5. The molecule has 2 aliphatic heterocycles. The maximum Gasteiger partial charge on any atom is 0.409 e. The number of pyridine rings is 1. The molecule has 3 aliphatic rings. The molecule has 1 saturated carbocycles. The predicted octanol–water partition coefficient (Wildman–Crippen LogP) is 3.10. The van der Waals surface area contributed by atoms with Gasteiger partial charge in [0.1, 0.15) is 0 Å². The summed E-state index contributed by atoms with van der Waals surface area (Å²) in [6.45, 7) is -0.0660. The van der Waals surface area contributed by atoms with Gasteiger partial charge < -0.3 is 19.3 Å². The molecule has 2 fully saturated rings. The lowest BCUT2D eigenvalue weighted by atomic mass is 9.73. The molecule has 2 aromatic heterocycles. The maximum atomic E-state index is 12.3. The third kappa shape index (κ3) is 2.98. The third-order valence-electron chi connectivity index (χ3n) is 7.18. The summed E-state index contributed by atoms with van der Waals surface area (Å²) in [5.74, 6) is 0.0285. The van der Waals surface area contributed by atoms with Crippen molar-refractivity contribution in [3.05, 3.63) is 36.5 Å². The summed E-state index contributed by atoms with van der Waals surface area (Å²) in [5, 5.41) is 11.4. The number of aliphatic hydroxyl groups is 1. The van der Waals surface area contributed by atoms with Gasteiger partial charge in [-0.05, 0) is 31.7 Å². The topological polar surface area (TPSA) is 80.5 Å². The van der Waals surface area contributed by atoms with Crippen LogP contribution in [0.1, 0.15) is 37.3 Å². The Kier molecular flexibility index (Phi) is 4.72. The van der Waals surface area contributed by atoms with Crippen molar-refractivity contribution in [3.63, 3.8) is 0 Å². The van der Waals surface area contributed by atoms with Gasteiger partial charge in [-0.3, -0.25) is 4.98 Å². The number of fused-ring (bicyclic) bond motifs is 3. The molecule has 0 bridgehead atoms. The summed E-state index contributed by atoms with van der Waals surface area (Å²) >= 11 is 0. The van der Waals surface area contributed by atoms with Crippen LogP contribution in [0.3, 0.4) is 0 Å². The number of piperidine rings is 1. The standard InChI is InChI=1S/C21H24F2N4O3/c22-17(23)11-30-20(29)26-7-4-21(5-8-26)3-1-14(19(21)28)18-15-9-24-6-2-13(15)16-10-25-12-27(16)18/h2,6,9-10,12,14,17-19,28H,1,3-5,7-8,11H2/t14-,18-,19+/m0/s1. The highest BCUT2D eigenvalue weighted by Crippen LogP contribution is 2.55. The Morgan fingerprint density at radius 3 is 2.83 bits per heavy atom. The minimum absolute atomic E-state index is 0.00499. The number of alkyl halides is 2. The fourth-order valence-corrected chi connectivity index (χ4v) is 5.65. The van der Waals surface area contributed by atoms with Crippen LogP contribution in [0.15, 0.2) is 31.0 Å². The van der Waals surface area contributed by atoms with Crippen molar-refractivity contribution in [3.8, 4) is 11.3 Å². The van der Waals surface area contributed by atoms with Crippen molar-refractivity contribution >= 4 is 6.09 Å². The first-order chi connectivity index (χ1) is 14.5. The number of hydrogen-bond acceptors (Lipinski definition) is 5. The number of aromatic nitrogens is 3. The van der Waals surface area contributed by atoms with Crippen LogP contribution in [0.4, 0.5) is 13.6 Å². The van der Waals surface area contributed by atoms with Gasteiger partial charge in [-0.1, -0.05) is 0 Å². The van der Waals surface area contributed by atoms with Gasteiger partial charge in [-0.25, -0.2) is 18.6 Å². The number of halogens is 2. The second-order valence-electron chi connectivity index (χ2n) is 8.56. The van der Waals surface area contributed by atoms with Gasteiger partial charge in [0, 0.05) is 47.9 Å². The zero-order chi connectivity index (χ0) is 20.9. The van der Waals surface area contributed by atoms with Crippen LogP contribution < -0.4 is 0 Å².